The molecule has 6 heteroatoms. The summed E-state index contributed by atoms with van der Waals surface area (Å²) in [5.41, 5.74) is 7.24. The van der Waals surface area contributed by atoms with Gasteiger partial charge >= 0.3 is 0 Å². The van der Waals surface area contributed by atoms with E-state index < -0.39 is 0 Å². The molecule has 0 saturated carbocycles. The number of aromatic nitrogens is 1. The second kappa shape index (κ2) is 8.08. The molecule has 3 heterocycles. The van der Waals surface area contributed by atoms with Crippen molar-refractivity contribution in [3.05, 3.63) is 54.2 Å². The Morgan fingerprint density at radius 2 is 2.21 bits per heavy atom. The highest BCUT2D eigenvalue weighted by atomic mass is 16.3. The van der Waals surface area contributed by atoms with Crippen LogP contribution in [0, 0.1) is 0 Å². The van der Waals surface area contributed by atoms with Crippen molar-refractivity contribution in [2.24, 2.45) is 0 Å². The van der Waals surface area contributed by atoms with Gasteiger partial charge in [0.05, 0.1) is 25.0 Å². The maximum Gasteiger partial charge on any atom is 0.241 e. The van der Waals surface area contributed by atoms with Gasteiger partial charge in [-0.15, -0.1) is 0 Å². The Bertz CT molecular complexity index is 630. The van der Waals surface area contributed by atoms with Gasteiger partial charge in [0, 0.05) is 12.2 Å². The zero-order valence-electron chi connectivity index (χ0n) is 13.9. The molecule has 3 rings (SSSR count). The molecule has 0 radical (unpaired) electrons. The normalized spacial score (nSPS) is 20.2. The molecule has 2 unspecified atom stereocenters. The van der Waals surface area contributed by atoms with Gasteiger partial charge < -0.3 is 9.32 Å². The first-order valence-electron chi connectivity index (χ1n) is 8.48. The Labute approximate surface area is 142 Å². The van der Waals surface area contributed by atoms with Crippen LogP contribution in [0.15, 0.2) is 47.2 Å². The lowest BCUT2D eigenvalue weighted by atomic mass is 10.1. The van der Waals surface area contributed by atoms with Gasteiger partial charge in [-0.2, -0.15) is 0 Å². The summed E-state index contributed by atoms with van der Waals surface area (Å²) in [7, 11) is 0. The van der Waals surface area contributed by atoms with Gasteiger partial charge in [0.25, 0.3) is 0 Å². The van der Waals surface area contributed by atoms with E-state index in [2.05, 4.69) is 22.8 Å². The molecule has 128 valence electrons. The summed E-state index contributed by atoms with van der Waals surface area (Å²) in [5.74, 6) is 0.846. The highest BCUT2D eigenvalue weighted by Gasteiger charge is 2.32. The lowest BCUT2D eigenvalue weighted by molar-refractivity contribution is -0.134. The van der Waals surface area contributed by atoms with Gasteiger partial charge in [0.2, 0.25) is 5.91 Å². The van der Waals surface area contributed by atoms with Gasteiger partial charge in [0.1, 0.15) is 11.8 Å². The number of carbonyl (C=O) groups excluding carboxylic acids is 1. The van der Waals surface area contributed by atoms with Crippen LogP contribution in [0.2, 0.25) is 0 Å². The molecule has 2 atom stereocenters. The molecule has 1 aliphatic heterocycles. The second-order valence-electron chi connectivity index (χ2n) is 6.16. The Hall–Kier alpha value is -2.18. The third kappa shape index (κ3) is 4.21. The summed E-state index contributed by atoms with van der Waals surface area (Å²) in [5, 5.41) is 0. The van der Waals surface area contributed by atoms with Crippen molar-refractivity contribution in [1.29, 1.82) is 0 Å². The second-order valence-corrected chi connectivity index (χ2v) is 6.16. The fraction of sp³-hybridized carbons (Fsp3) is 0.444. The van der Waals surface area contributed by atoms with E-state index in [-0.39, 0.29) is 11.9 Å². The maximum absolute atomic E-state index is 13.0. The lowest BCUT2D eigenvalue weighted by Crippen LogP contribution is -2.45. The minimum absolute atomic E-state index is 0.0724. The number of nitrogens with one attached hydrogen (secondary N) is 2. The van der Waals surface area contributed by atoms with Crippen LogP contribution < -0.4 is 10.9 Å². The largest absolute Gasteiger partial charge is 0.467 e. The molecule has 24 heavy (non-hydrogen) atoms. The predicted octanol–water partition coefficient (Wildman–Crippen LogP) is 2.24. The third-order valence-corrected chi connectivity index (χ3v) is 4.23. The number of carbonyl (C=O) groups is 1. The molecule has 2 aromatic rings. The fourth-order valence-corrected chi connectivity index (χ4v) is 3.03. The molecular formula is C18H24N4O2. The first-order chi connectivity index (χ1) is 11.8. The average Bonchev–Trinajstić information content (AvgIpc) is 3.27. The zero-order valence-corrected chi connectivity index (χ0v) is 13.9. The maximum atomic E-state index is 13.0. The summed E-state index contributed by atoms with van der Waals surface area (Å²) in [6.45, 7) is 3.07. The van der Waals surface area contributed by atoms with Crippen molar-refractivity contribution >= 4 is 5.91 Å². The van der Waals surface area contributed by atoms with Crippen LogP contribution in [-0.2, 0) is 17.9 Å². The van der Waals surface area contributed by atoms with Crippen LogP contribution in [0.4, 0.5) is 0 Å². The molecule has 0 aromatic carbocycles. The highest BCUT2D eigenvalue weighted by molar-refractivity contribution is 5.82. The van der Waals surface area contributed by atoms with Gasteiger partial charge in [-0.25, -0.2) is 5.43 Å². The minimum Gasteiger partial charge on any atom is -0.467 e. The van der Waals surface area contributed by atoms with E-state index in [1.807, 2.05) is 30.3 Å². The molecule has 0 aliphatic carbocycles. The lowest BCUT2D eigenvalue weighted by Gasteiger charge is -2.24. The smallest absolute Gasteiger partial charge is 0.241 e. The third-order valence-electron chi connectivity index (χ3n) is 4.23. The van der Waals surface area contributed by atoms with Crippen molar-refractivity contribution in [2.75, 3.05) is 0 Å². The van der Waals surface area contributed by atoms with Crippen LogP contribution in [-0.4, -0.2) is 27.9 Å². The Kier molecular flexibility index (Phi) is 5.61. The SMILES string of the molecule is CCCC1CC(C(=O)N(Cc2ccccn2)Cc2ccco2)NN1. The average molecular weight is 328 g/mol. The minimum atomic E-state index is -0.208. The quantitative estimate of drug-likeness (QED) is 0.816. The van der Waals surface area contributed by atoms with Crippen LogP contribution in [0.5, 0.6) is 0 Å². The molecule has 2 aromatic heterocycles. The molecular weight excluding hydrogens is 304 g/mol. The van der Waals surface area contributed by atoms with E-state index in [4.69, 9.17) is 4.42 Å². The van der Waals surface area contributed by atoms with E-state index in [9.17, 15) is 4.79 Å². The summed E-state index contributed by atoms with van der Waals surface area (Å²) in [4.78, 5) is 19.1. The zero-order chi connectivity index (χ0) is 16.8. The summed E-state index contributed by atoms with van der Waals surface area (Å²) in [6, 6.07) is 9.61. The highest BCUT2D eigenvalue weighted by Crippen LogP contribution is 2.16. The first kappa shape index (κ1) is 16.7. The van der Waals surface area contributed by atoms with Gasteiger partial charge in [-0.1, -0.05) is 19.4 Å². The van der Waals surface area contributed by atoms with Crippen molar-refractivity contribution < 1.29 is 9.21 Å². The molecule has 1 aliphatic rings. The van der Waals surface area contributed by atoms with E-state index in [0.717, 1.165) is 30.7 Å². The van der Waals surface area contributed by atoms with Crippen LogP contribution in [0.1, 0.15) is 37.6 Å². The van der Waals surface area contributed by atoms with Crippen molar-refractivity contribution in [1.82, 2.24) is 20.7 Å². The fourth-order valence-electron chi connectivity index (χ4n) is 3.03. The summed E-state index contributed by atoms with van der Waals surface area (Å²) < 4.78 is 5.42. The number of amides is 1. The number of rotatable bonds is 7. The summed E-state index contributed by atoms with van der Waals surface area (Å²) >= 11 is 0. The number of hydrogen-bond acceptors (Lipinski definition) is 5. The van der Waals surface area contributed by atoms with Gasteiger partial charge in [-0.05, 0) is 37.1 Å². The van der Waals surface area contributed by atoms with E-state index in [1.165, 1.54) is 0 Å². The van der Waals surface area contributed by atoms with E-state index in [1.54, 1.807) is 17.4 Å². The first-order valence-corrected chi connectivity index (χ1v) is 8.48. The number of hydrazine groups is 1. The van der Waals surface area contributed by atoms with E-state index >= 15 is 0 Å². The Balaban J connectivity index is 1.70. The van der Waals surface area contributed by atoms with Crippen molar-refractivity contribution in [2.45, 2.75) is 51.4 Å². The van der Waals surface area contributed by atoms with Gasteiger partial charge in [0.15, 0.2) is 0 Å². The monoisotopic (exact) mass is 328 g/mol. The van der Waals surface area contributed by atoms with Crippen LogP contribution >= 0.6 is 0 Å². The summed E-state index contributed by atoms with van der Waals surface area (Å²) in [6.07, 6.45) is 6.35. The predicted molar refractivity (Wildman–Crippen MR) is 90.6 cm³/mol. The van der Waals surface area contributed by atoms with Gasteiger partial charge in [-0.3, -0.25) is 15.2 Å². The molecule has 6 nitrogen and oxygen atoms in total. The standard InChI is InChI=1S/C18H24N4O2/c1-2-6-14-11-17(21-20-14)18(23)22(13-16-8-5-10-24-16)12-15-7-3-4-9-19-15/h3-5,7-10,14,17,20-21H,2,6,11-13H2,1H3. The van der Waals surface area contributed by atoms with Crippen LogP contribution in [0.3, 0.4) is 0 Å². The number of pyridine rings is 1. The molecule has 0 spiro atoms. The van der Waals surface area contributed by atoms with Crippen LogP contribution in [0.25, 0.3) is 0 Å². The number of hydrogen-bond donors (Lipinski definition) is 2. The van der Waals surface area contributed by atoms with E-state index in [0.29, 0.717) is 19.1 Å². The molecule has 1 fully saturated rings. The molecule has 1 amide bonds. The topological polar surface area (TPSA) is 70.4 Å². The van der Waals surface area contributed by atoms with Crippen molar-refractivity contribution in [3.63, 3.8) is 0 Å². The van der Waals surface area contributed by atoms with Crippen molar-refractivity contribution in [3.8, 4) is 0 Å². The number of nitrogens with zero attached hydrogens (tertiary/aromatic N) is 2. The Morgan fingerprint density at radius 3 is 2.92 bits per heavy atom. The Morgan fingerprint density at radius 1 is 1.29 bits per heavy atom. The molecule has 0 bridgehead atoms. The number of furan rings is 1. The molecule has 2 N–H and O–H groups in total. The molecule has 1 saturated heterocycles.